The van der Waals surface area contributed by atoms with Crippen LogP contribution < -0.4 is 5.32 Å². The van der Waals surface area contributed by atoms with Crippen molar-refractivity contribution in [2.24, 2.45) is 5.92 Å². The van der Waals surface area contributed by atoms with Gasteiger partial charge in [0.1, 0.15) is 0 Å². The Morgan fingerprint density at radius 3 is 2.94 bits per heavy atom. The minimum atomic E-state index is 0.593. The lowest BCUT2D eigenvalue weighted by molar-refractivity contribution is 0.0591. The number of nitrogens with one attached hydrogen (secondary N) is 1. The van der Waals surface area contributed by atoms with E-state index in [2.05, 4.69) is 24.1 Å². The highest BCUT2D eigenvalue weighted by atomic mass is 16.5. The average molecular weight is 254 g/mol. The largest absolute Gasteiger partial charge is 0.380 e. The lowest BCUT2D eigenvalue weighted by atomic mass is 9.90. The fraction of sp³-hybridized carbons (Fsp3) is 1.00. The molecule has 0 bridgehead atoms. The summed E-state index contributed by atoms with van der Waals surface area (Å²) in [4.78, 5) is 2.64. The summed E-state index contributed by atoms with van der Waals surface area (Å²) in [5.41, 5.74) is 0. The molecule has 0 aromatic heterocycles. The first-order chi connectivity index (χ1) is 8.79. The van der Waals surface area contributed by atoms with Gasteiger partial charge in [-0.25, -0.2) is 0 Å². The molecule has 106 valence electrons. The number of piperidine rings is 1. The molecule has 2 aliphatic rings. The van der Waals surface area contributed by atoms with Gasteiger partial charge >= 0.3 is 0 Å². The van der Waals surface area contributed by atoms with Gasteiger partial charge in [-0.2, -0.15) is 0 Å². The van der Waals surface area contributed by atoms with E-state index in [-0.39, 0.29) is 0 Å². The summed E-state index contributed by atoms with van der Waals surface area (Å²) in [6.45, 7) is 10.4. The van der Waals surface area contributed by atoms with Gasteiger partial charge in [0, 0.05) is 25.2 Å². The van der Waals surface area contributed by atoms with Crippen molar-refractivity contribution < 1.29 is 4.74 Å². The smallest absolute Gasteiger partial charge is 0.0619 e. The minimum absolute atomic E-state index is 0.593. The summed E-state index contributed by atoms with van der Waals surface area (Å²) in [6.07, 6.45) is 6.55. The van der Waals surface area contributed by atoms with Crippen molar-refractivity contribution >= 4 is 0 Å². The zero-order valence-corrected chi connectivity index (χ0v) is 12.2. The second-order valence-electron chi connectivity index (χ2n) is 6.07. The van der Waals surface area contributed by atoms with Crippen LogP contribution in [0.5, 0.6) is 0 Å². The second kappa shape index (κ2) is 7.46. The third-order valence-corrected chi connectivity index (χ3v) is 4.45. The van der Waals surface area contributed by atoms with Crippen LogP contribution in [0, 0.1) is 5.92 Å². The summed E-state index contributed by atoms with van der Waals surface area (Å²) in [7, 11) is 0. The van der Waals surface area contributed by atoms with E-state index in [9.17, 15) is 0 Å². The monoisotopic (exact) mass is 254 g/mol. The Kier molecular flexibility index (Phi) is 5.93. The molecule has 2 aliphatic heterocycles. The predicted octanol–water partition coefficient (Wildman–Crippen LogP) is 2.27. The fourth-order valence-corrected chi connectivity index (χ4v) is 3.40. The molecule has 2 fully saturated rings. The van der Waals surface area contributed by atoms with Crippen LogP contribution in [-0.2, 0) is 4.74 Å². The quantitative estimate of drug-likeness (QED) is 0.814. The standard InChI is InChI=1S/C15H30N2O/c1-3-8-17-9-4-6-14(11-17)13(2)16-15-7-5-10-18-12-15/h13-16H,3-12H2,1-2H3. The maximum Gasteiger partial charge on any atom is 0.0619 e. The Hall–Kier alpha value is -0.120. The van der Waals surface area contributed by atoms with Gasteiger partial charge in [0.2, 0.25) is 0 Å². The number of nitrogens with zero attached hydrogens (tertiary/aromatic N) is 1. The van der Waals surface area contributed by atoms with Gasteiger partial charge in [-0.15, -0.1) is 0 Å². The first kappa shape index (κ1) is 14.3. The lowest BCUT2D eigenvalue weighted by Crippen LogP contribution is -2.49. The third kappa shape index (κ3) is 4.22. The molecule has 2 rings (SSSR count). The van der Waals surface area contributed by atoms with Crippen molar-refractivity contribution in [3.05, 3.63) is 0 Å². The van der Waals surface area contributed by atoms with Gasteiger partial charge in [-0.3, -0.25) is 0 Å². The molecular weight excluding hydrogens is 224 g/mol. The maximum absolute atomic E-state index is 5.56. The molecular formula is C15H30N2O. The Bertz CT molecular complexity index is 227. The highest BCUT2D eigenvalue weighted by molar-refractivity contribution is 4.83. The molecule has 3 atom stereocenters. The maximum atomic E-state index is 5.56. The van der Waals surface area contributed by atoms with E-state index in [1.807, 2.05) is 0 Å². The van der Waals surface area contributed by atoms with Gasteiger partial charge in [-0.05, 0) is 58.0 Å². The van der Waals surface area contributed by atoms with E-state index in [0.717, 1.165) is 19.1 Å². The number of rotatable bonds is 5. The summed E-state index contributed by atoms with van der Waals surface area (Å²) in [5.74, 6) is 0.826. The Labute approximate surface area is 112 Å². The molecule has 3 heteroatoms. The van der Waals surface area contributed by atoms with Crippen LogP contribution >= 0.6 is 0 Å². The van der Waals surface area contributed by atoms with Crippen LogP contribution in [0.3, 0.4) is 0 Å². The molecule has 0 amide bonds. The van der Waals surface area contributed by atoms with Crippen LogP contribution in [0.15, 0.2) is 0 Å². The SMILES string of the molecule is CCCN1CCCC(C(C)NC2CCCOC2)C1. The lowest BCUT2D eigenvalue weighted by Gasteiger charge is -2.38. The Morgan fingerprint density at radius 2 is 2.22 bits per heavy atom. The molecule has 0 aromatic carbocycles. The summed E-state index contributed by atoms with van der Waals surface area (Å²) < 4.78 is 5.56. The van der Waals surface area contributed by atoms with Crippen LogP contribution in [0.25, 0.3) is 0 Å². The zero-order chi connectivity index (χ0) is 12.8. The highest BCUT2D eigenvalue weighted by Crippen LogP contribution is 2.21. The fourth-order valence-electron chi connectivity index (χ4n) is 3.40. The summed E-state index contributed by atoms with van der Waals surface area (Å²) in [5, 5.41) is 3.80. The van der Waals surface area contributed by atoms with E-state index in [0.29, 0.717) is 12.1 Å². The first-order valence-electron chi connectivity index (χ1n) is 7.85. The van der Waals surface area contributed by atoms with E-state index in [1.165, 1.54) is 51.7 Å². The highest BCUT2D eigenvalue weighted by Gasteiger charge is 2.26. The van der Waals surface area contributed by atoms with Crippen LogP contribution in [-0.4, -0.2) is 49.8 Å². The van der Waals surface area contributed by atoms with Crippen molar-refractivity contribution in [1.82, 2.24) is 10.2 Å². The van der Waals surface area contributed by atoms with E-state index < -0.39 is 0 Å². The molecule has 0 aliphatic carbocycles. The first-order valence-corrected chi connectivity index (χ1v) is 7.85. The average Bonchev–Trinajstić information content (AvgIpc) is 2.40. The van der Waals surface area contributed by atoms with Crippen molar-refractivity contribution in [2.75, 3.05) is 32.8 Å². The molecule has 1 N–H and O–H groups in total. The molecule has 0 saturated carbocycles. The number of hydrogen-bond donors (Lipinski definition) is 1. The molecule has 2 saturated heterocycles. The predicted molar refractivity (Wildman–Crippen MR) is 75.9 cm³/mol. The molecule has 0 aromatic rings. The van der Waals surface area contributed by atoms with E-state index in [1.54, 1.807) is 0 Å². The van der Waals surface area contributed by atoms with Crippen molar-refractivity contribution in [1.29, 1.82) is 0 Å². The summed E-state index contributed by atoms with van der Waals surface area (Å²) >= 11 is 0. The van der Waals surface area contributed by atoms with Crippen LogP contribution in [0.4, 0.5) is 0 Å². The zero-order valence-electron chi connectivity index (χ0n) is 12.2. The third-order valence-electron chi connectivity index (χ3n) is 4.45. The van der Waals surface area contributed by atoms with Crippen LogP contribution in [0.1, 0.15) is 46.0 Å². The van der Waals surface area contributed by atoms with E-state index >= 15 is 0 Å². The van der Waals surface area contributed by atoms with Gasteiger partial charge in [-0.1, -0.05) is 6.92 Å². The van der Waals surface area contributed by atoms with Gasteiger partial charge in [0.05, 0.1) is 6.61 Å². The van der Waals surface area contributed by atoms with Crippen LogP contribution in [0.2, 0.25) is 0 Å². The normalized spacial score (nSPS) is 32.3. The van der Waals surface area contributed by atoms with E-state index in [4.69, 9.17) is 4.74 Å². The molecule has 18 heavy (non-hydrogen) atoms. The van der Waals surface area contributed by atoms with Gasteiger partial charge < -0.3 is 15.0 Å². The number of hydrogen-bond acceptors (Lipinski definition) is 3. The molecule has 3 nitrogen and oxygen atoms in total. The topological polar surface area (TPSA) is 24.5 Å². The minimum Gasteiger partial charge on any atom is -0.380 e. The van der Waals surface area contributed by atoms with Crippen molar-refractivity contribution in [3.63, 3.8) is 0 Å². The van der Waals surface area contributed by atoms with Gasteiger partial charge in [0.25, 0.3) is 0 Å². The summed E-state index contributed by atoms with van der Waals surface area (Å²) in [6, 6.07) is 1.23. The molecule has 2 heterocycles. The van der Waals surface area contributed by atoms with Crippen molar-refractivity contribution in [2.45, 2.75) is 58.0 Å². The molecule has 0 spiro atoms. The number of likely N-dealkylation sites (tertiary alicyclic amines) is 1. The van der Waals surface area contributed by atoms with Crippen molar-refractivity contribution in [3.8, 4) is 0 Å². The Balaban J connectivity index is 1.74. The second-order valence-corrected chi connectivity index (χ2v) is 6.07. The Morgan fingerprint density at radius 1 is 1.33 bits per heavy atom. The molecule has 0 radical (unpaired) electrons. The number of ether oxygens (including phenoxy) is 1. The van der Waals surface area contributed by atoms with Gasteiger partial charge in [0.15, 0.2) is 0 Å². The molecule has 3 unspecified atom stereocenters.